The Morgan fingerprint density at radius 1 is 1.35 bits per heavy atom. The summed E-state index contributed by atoms with van der Waals surface area (Å²) in [5.74, 6) is 0.132. The second-order valence-corrected chi connectivity index (χ2v) is 7.15. The van der Waals surface area contributed by atoms with Crippen molar-refractivity contribution >= 4 is 27.3 Å². The van der Waals surface area contributed by atoms with E-state index < -0.39 is 22.0 Å². The van der Waals surface area contributed by atoms with Crippen LogP contribution in [0.1, 0.15) is 12.6 Å². The Kier molecular flexibility index (Phi) is 5.69. The van der Waals surface area contributed by atoms with Gasteiger partial charge in [0.05, 0.1) is 35.8 Å². The summed E-state index contributed by atoms with van der Waals surface area (Å²) in [7, 11) is -2.29. The van der Waals surface area contributed by atoms with Crippen LogP contribution in [-0.4, -0.2) is 32.5 Å². The van der Waals surface area contributed by atoms with Crippen LogP contribution in [0.4, 0.5) is 0 Å². The average molecular weight is 355 g/mol. The number of carbonyl (C=O) groups excluding carboxylic acids is 1. The Labute approximate surface area is 138 Å². The minimum absolute atomic E-state index is 0.0671. The van der Waals surface area contributed by atoms with E-state index in [1.54, 1.807) is 17.6 Å². The highest BCUT2D eigenvalue weighted by atomic mass is 32.2. The fourth-order valence-corrected chi connectivity index (χ4v) is 3.53. The second-order valence-electron chi connectivity index (χ2n) is 4.72. The van der Waals surface area contributed by atoms with Crippen molar-refractivity contribution in [3.8, 4) is 5.75 Å². The first kappa shape index (κ1) is 17.4. The molecule has 1 aromatic heterocycles. The number of nitrogens with zero attached hydrogens (tertiary/aromatic N) is 1. The molecule has 0 fully saturated rings. The van der Waals surface area contributed by atoms with Gasteiger partial charge < -0.3 is 10.1 Å². The maximum Gasteiger partial charge on any atom is 0.241 e. The van der Waals surface area contributed by atoms with Crippen molar-refractivity contribution < 1.29 is 17.9 Å². The summed E-state index contributed by atoms with van der Waals surface area (Å²) >= 11 is 1.43. The number of thiazole rings is 1. The molecular weight excluding hydrogens is 338 g/mol. The molecule has 1 aromatic carbocycles. The molecule has 0 radical (unpaired) electrons. The Morgan fingerprint density at radius 3 is 2.61 bits per heavy atom. The van der Waals surface area contributed by atoms with E-state index in [0.29, 0.717) is 5.75 Å². The van der Waals surface area contributed by atoms with Gasteiger partial charge in [-0.3, -0.25) is 4.79 Å². The van der Waals surface area contributed by atoms with Crippen molar-refractivity contribution in [2.75, 3.05) is 7.11 Å². The quantitative estimate of drug-likeness (QED) is 0.776. The number of hydrogen-bond donors (Lipinski definition) is 2. The van der Waals surface area contributed by atoms with Crippen LogP contribution >= 0.6 is 11.3 Å². The molecule has 0 bridgehead atoms. The number of aromatic nitrogens is 1. The SMILES string of the molecule is COc1ccc(S(=O)(=O)N[C@@H](C)C(=O)NCc2cscn2)cc1. The summed E-state index contributed by atoms with van der Waals surface area (Å²) in [5.41, 5.74) is 2.39. The molecule has 2 rings (SSSR count). The lowest BCUT2D eigenvalue weighted by atomic mass is 10.3. The third kappa shape index (κ3) is 4.75. The highest BCUT2D eigenvalue weighted by Crippen LogP contribution is 2.15. The molecule has 0 saturated carbocycles. The van der Waals surface area contributed by atoms with Crippen molar-refractivity contribution in [3.05, 3.63) is 40.8 Å². The molecule has 7 nitrogen and oxygen atoms in total. The summed E-state index contributed by atoms with van der Waals surface area (Å²) in [5, 5.41) is 4.45. The van der Waals surface area contributed by atoms with E-state index in [4.69, 9.17) is 4.74 Å². The molecule has 0 aliphatic rings. The van der Waals surface area contributed by atoms with E-state index in [1.807, 2.05) is 5.38 Å². The maximum absolute atomic E-state index is 12.2. The standard InChI is InChI=1S/C14H17N3O4S2/c1-10(14(18)15-7-11-8-22-9-16-11)17-23(19,20)13-5-3-12(21-2)4-6-13/h3-6,8-10,17H,7H2,1-2H3,(H,15,18)/t10-/m0/s1. The number of hydrogen-bond acceptors (Lipinski definition) is 6. The Morgan fingerprint density at radius 2 is 2.04 bits per heavy atom. The smallest absolute Gasteiger partial charge is 0.241 e. The summed E-state index contributed by atoms with van der Waals surface area (Å²) in [4.78, 5) is 16.1. The number of amides is 1. The molecule has 1 heterocycles. The lowest BCUT2D eigenvalue weighted by molar-refractivity contribution is -0.122. The summed E-state index contributed by atoms with van der Waals surface area (Å²) < 4.78 is 31.8. The number of rotatable bonds is 7. The van der Waals surface area contributed by atoms with Crippen molar-refractivity contribution in [2.24, 2.45) is 0 Å². The molecule has 23 heavy (non-hydrogen) atoms. The van der Waals surface area contributed by atoms with E-state index in [-0.39, 0.29) is 11.4 Å². The Balaban J connectivity index is 1.96. The van der Waals surface area contributed by atoms with Crippen LogP contribution in [0.2, 0.25) is 0 Å². The molecule has 2 aromatic rings. The summed E-state index contributed by atoms with van der Waals surface area (Å²) in [6.07, 6.45) is 0. The third-order valence-electron chi connectivity index (χ3n) is 3.02. The number of methoxy groups -OCH3 is 1. The van der Waals surface area contributed by atoms with Gasteiger partial charge in [-0.25, -0.2) is 13.4 Å². The molecule has 0 unspecified atom stereocenters. The lowest BCUT2D eigenvalue weighted by Crippen LogP contribution is -2.44. The van der Waals surface area contributed by atoms with E-state index in [2.05, 4.69) is 15.0 Å². The van der Waals surface area contributed by atoms with E-state index >= 15 is 0 Å². The lowest BCUT2D eigenvalue weighted by Gasteiger charge is -2.14. The zero-order valence-corrected chi connectivity index (χ0v) is 14.3. The van der Waals surface area contributed by atoms with E-state index in [9.17, 15) is 13.2 Å². The predicted molar refractivity (Wildman–Crippen MR) is 86.7 cm³/mol. The highest BCUT2D eigenvalue weighted by molar-refractivity contribution is 7.89. The van der Waals surface area contributed by atoms with Gasteiger partial charge in [-0.05, 0) is 31.2 Å². The van der Waals surface area contributed by atoms with Crippen LogP contribution in [0.15, 0.2) is 40.1 Å². The molecule has 2 N–H and O–H groups in total. The largest absolute Gasteiger partial charge is 0.497 e. The summed E-state index contributed by atoms with van der Waals surface area (Å²) in [6.45, 7) is 1.74. The van der Waals surface area contributed by atoms with Crippen molar-refractivity contribution in [1.29, 1.82) is 0 Å². The fraction of sp³-hybridized carbons (Fsp3) is 0.286. The zero-order chi connectivity index (χ0) is 16.9. The van der Waals surface area contributed by atoms with Gasteiger partial charge in [-0.2, -0.15) is 4.72 Å². The van der Waals surface area contributed by atoms with E-state index in [1.165, 1.54) is 37.5 Å². The van der Waals surface area contributed by atoms with Gasteiger partial charge >= 0.3 is 0 Å². The first-order chi connectivity index (χ1) is 10.9. The molecule has 0 spiro atoms. The Bertz CT molecular complexity index is 743. The number of carbonyl (C=O) groups is 1. The fourth-order valence-electron chi connectivity index (χ4n) is 1.76. The third-order valence-corrected chi connectivity index (χ3v) is 5.21. The maximum atomic E-state index is 12.2. The Hall–Kier alpha value is -1.97. The van der Waals surface area contributed by atoms with Crippen LogP contribution in [0.5, 0.6) is 5.75 Å². The molecule has 0 aliphatic heterocycles. The molecule has 1 amide bonds. The highest BCUT2D eigenvalue weighted by Gasteiger charge is 2.22. The van der Waals surface area contributed by atoms with Crippen LogP contribution in [0.3, 0.4) is 0 Å². The molecular formula is C14H17N3O4S2. The molecule has 0 aliphatic carbocycles. The second kappa shape index (κ2) is 7.53. The topological polar surface area (TPSA) is 97.4 Å². The van der Waals surface area contributed by atoms with Gasteiger partial charge in [0.2, 0.25) is 15.9 Å². The first-order valence-electron chi connectivity index (χ1n) is 6.73. The van der Waals surface area contributed by atoms with Crippen molar-refractivity contribution in [2.45, 2.75) is 24.4 Å². The normalized spacial score (nSPS) is 12.6. The molecule has 1 atom stereocenters. The zero-order valence-electron chi connectivity index (χ0n) is 12.6. The molecule has 0 saturated heterocycles. The van der Waals surface area contributed by atoms with E-state index in [0.717, 1.165) is 5.69 Å². The number of sulfonamides is 1. The molecule has 9 heteroatoms. The van der Waals surface area contributed by atoms with Gasteiger partial charge in [0, 0.05) is 5.38 Å². The van der Waals surface area contributed by atoms with Crippen molar-refractivity contribution in [3.63, 3.8) is 0 Å². The van der Waals surface area contributed by atoms with Gasteiger partial charge in [0.15, 0.2) is 0 Å². The van der Waals surface area contributed by atoms with Gasteiger partial charge in [0.25, 0.3) is 0 Å². The van der Waals surface area contributed by atoms with Gasteiger partial charge in [-0.15, -0.1) is 11.3 Å². The minimum atomic E-state index is -3.78. The van der Waals surface area contributed by atoms with Crippen molar-refractivity contribution in [1.82, 2.24) is 15.0 Å². The van der Waals surface area contributed by atoms with Crippen LogP contribution in [-0.2, 0) is 21.4 Å². The van der Waals surface area contributed by atoms with Gasteiger partial charge in [-0.1, -0.05) is 0 Å². The first-order valence-corrected chi connectivity index (χ1v) is 9.16. The predicted octanol–water partition coefficient (Wildman–Crippen LogP) is 1.13. The van der Waals surface area contributed by atoms with Crippen LogP contribution in [0.25, 0.3) is 0 Å². The number of benzene rings is 1. The summed E-state index contributed by atoms with van der Waals surface area (Å²) in [6, 6.07) is 5.02. The van der Waals surface area contributed by atoms with Gasteiger partial charge in [0.1, 0.15) is 5.75 Å². The molecule has 124 valence electrons. The van der Waals surface area contributed by atoms with Crippen LogP contribution in [0, 0.1) is 0 Å². The monoisotopic (exact) mass is 355 g/mol. The average Bonchev–Trinajstić information content (AvgIpc) is 3.05. The van der Waals surface area contributed by atoms with Crippen LogP contribution < -0.4 is 14.8 Å². The number of nitrogens with one attached hydrogen (secondary N) is 2. The minimum Gasteiger partial charge on any atom is -0.497 e. The number of ether oxygens (including phenoxy) is 1.